The average Bonchev–Trinajstić information content (AvgIpc) is 2.72. The Bertz CT molecular complexity index is 816. The van der Waals surface area contributed by atoms with Gasteiger partial charge in [0.1, 0.15) is 23.1 Å². The van der Waals surface area contributed by atoms with E-state index in [9.17, 15) is 18.0 Å². The third kappa shape index (κ3) is 3.58. The quantitative estimate of drug-likeness (QED) is 0.844. The molecule has 0 aliphatic carbocycles. The van der Waals surface area contributed by atoms with Crippen molar-refractivity contribution in [1.29, 1.82) is 5.26 Å². The maximum absolute atomic E-state index is 12.3. The molecule has 2 aliphatic heterocycles. The van der Waals surface area contributed by atoms with E-state index >= 15 is 0 Å². The third-order valence-corrected chi connectivity index (χ3v) is 4.62. The van der Waals surface area contributed by atoms with Crippen molar-refractivity contribution in [3.05, 3.63) is 34.4 Å². The number of ether oxygens (including phenoxy) is 2. The zero-order valence-corrected chi connectivity index (χ0v) is 14.2. The number of benzene rings is 1. The Morgan fingerprint density at radius 3 is 2.85 bits per heavy atom. The van der Waals surface area contributed by atoms with E-state index in [1.807, 2.05) is 0 Å². The normalized spacial score (nSPS) is 22.8. The highest BCUT2D eigenvalue weighted by molar-refractivity contribution is 6.33. The summed E-state index contributed by atoms with van der Waals surface area (Å²) < 4.78 is 47.4. The predicted molar refractivity (Wildman–Crippen MR) is 85.7 cm³/mol. The number of fused-ring (bicyclic) bond motifs is 2. The minimum Gasteiger partial charge on any atom is -0.493 e. The van der Waals surface area contributed by atoms with Crippen LogP contribution in [0.15, 0.2) is 28.8 Å². The number of carbonyl (C=O) groups is 1. The molecule has 3 rings (SSSR count). The van der Waals surface area contributed by atoms with Crippen LogP contribution in [0.2, 0.25) is 0 Å². The van der Waals surface area contributed by atoms with Crippen LogP contribution in [0.25, 0.3) is 0 Å². The fraction of sp³-hybridized carbons (Fsp3) is 0.412. The molecule has 138 valence electrons. The second kappa shape index (κ2) is 6.72. The molecule has 9 heteroatoms. The molecule has 2 aliphatic rings. The molecule has 26 heavy (non-hydrogen) atoms. The summed E-state index contributed by atoms with van der Waals surface area (Å²) in [5.74, 6) is -0.235. The summed E-state index contributed by atoms with van der Waals surface area (Å²) in [5, 5.41) is 12.0. The standard InChI is InChI=1S/C17H14ClF3N2O3/c18-13-7-16(23-15(24)11(13)8-22)4-1-5-25-14-6-10(2-3-12(14)16)26-9-17(19,20)21/h2-3,6H,1,4-5,7,9H2,(H,23,24)/t16-/m0/s1. The Morgan fingerprint density at radius 2 is 2.19 bits per heavy atom. The van der Waals surface area contributed by atoms with Crippen molar-refractivity contribution < 1.29 is 27.4 Å². The van der Waals surface area contributed by atoms with E-state index < -0.39 is 24.2 Å². The zero-order chi connectivity index (χ0) is 18.9. The van der Waals surface area contributed by atoms with Gasteiger partial charge in [-0.3, -0.25) is 4.79 Å². The SMILES string of the molecule is N#CC1=C(Cl)C[C@]2(CCCOc3cc(OCC(F)(F)F)ccc32)NC1=O. The molecule has 1 N–H and O–H groups in total. The van der Waals surface area contributed by atoms with Gasteiger partial charge in [0.15, 0.2) is 6.61 Å². The Labute approximate surface area is 152 Å². The van der Waals surface area contributed by atoms with Crippen LogP contribution in [0, 0.1) is 11.3 Å². The summed E-state index contributed by atoms with van der Waals surface area (Å²) in [6.45, 7) is -1.08. The topological polar surface area (TPSA) is 71.3 Å². The van der Waals surface area contributed by atoms with Crippen molar-refractivity contribution in [1.82, 2.24) is 5.32 Å². The molecular formula is C17H14ClF3N2O3. The molecular weight excluding hydrogens is 373 g/mol. The van der Waals surface area contributed by atoms with E-state index in [4.69, 9.17) is 26.3 Å². The van der Waals surface area contributed by atoms with Gasteiger partial charge in [-0.2, -0.15) is 18.4 Å². The maximum atomic E-state index is 12.3. The number of hydrogen-bond acceptors (Lipinski definition) is 4. The van der Waals surface area contributed by atoms with Gasteiger partial charge in [-0.15, -0.1) is 0 Å². The molecule has 0 bridgehead atoms. The van der Waals surface area contributed by atoms with Crippen LogP contribution in [-0.2, 0) is 10.3 Å². The van der Waals surface area contributed by atoms with Crippen molar-refractivity contribution in [2.75, 3.05) is 13.2 Å². The molecule has 1 atom stereocenters. The minimum atomic E-state index is -4.45. The Morgan fingerprint density at radius 1 is 1.42 bits per heavy atom. The van der Waals surface area contributed by atoms with Crippen molar-refractivity contribution in [2.45, 2.75) is 31.0 Å². The third-order valence-electron chi connectivity index (χ3n) is 4.30. The van der Waals surface area contributed by atoms with Gasteiger partial charge in [0.25, 0.3) is 5.91 Å². The molecule has 5 nitrogen and oxygen atoms in total. The largest absolute Gasteiger partial charge is 0.493 e. The van der Waals surface area contributed by atoms with E-state index in [0.29, 0.717) is 30.8 Å². The van der Waals surface area contributed by atoms with Crippen molar-refractivity contribution in [2.24, 2.45) is 0 Å². The lowest BCUT2D eigenvalue weighted by atomic mass is 9.79. The molecule has 0 saturated carbocycles. The summed E-state index contributed by atoms with van der Waals surface area (Å²) in [7, 11) is 0. The van der Waals surface area contributed by atoms with E-state index in [0.717, 1.165) is 0 Å². The fourth-order valence-electron chi connectivity index (χ4n) is 3.19. The first-order chi connectivity index (χ1) is 12.2. The van der Waals surface area contributed by atoms with Gasteiger partial charge >= 0.3 is 6.18 Å². The van der Waals surface area contributed by atoms with Gasteiger partial charge < -0.3 is 14.8 Å². The first kappa shape index (κ1) is 18.4. The molecule has 0 saturated heterocycles. The van der Waals surface area contributed by atoms with Crippen molar-refractivity contribution >= 4 is 17.5 Å². The summed E-state index contributed by atoms with van der Waals surface area (Å²) in [5.41, 5.74) is -0.407. The van der Waals surface area contributed by atoms with Crippen LogP contribution in [0.4, 0.5) is 13.2 Å². The number of nitriles is 1. The second-order valence-electron chi connectivity index (χ2n) is 6.12. The fourth-order valence-corrected chi connectivity index (χ4v) is 3.54. The molecule has 0 aromatic heterocycles. The van der Waals surface area contributed by atoms with Gasteiger partial charge in [-0.05, 0) is 25.0 Å². The van der Waals surface area contributed by atoms with Gasteiger partial charge in [0, 0.05) is 23.1 Å². The van der Waals surface area contributed by atoms with E-state index in [1.165, 1.54) is 12.1 Å². The second-order valence-corrected chi connectivity index (χ2v) is 6.57. The zero-order valence-electron chi connectivity index (χ0n) is 13.5. The summed E-state index contributed by atoms with van der Waals surface area (Å²) >= 11 is 6.16. The molecule has 2 heterocycles. The number of nitrogens with one attached hydrogen (secondary N) is 1. The summed E-state index contributed by atoms with van der Waals surface area (Å²) in [4.78, 5) is 12.2. The monoisotopic (exact) mass is 386 g/mol. The lowest BCUT2D eigenvalue weighted by Gasteiger charge is -2.37. The van der Waals surface area contributed by atoms with Gasteiger partial charge in [-0.1, -0.05) is 11.6 Å². The summed E-state index contributed by atoms with van der Waals surface area (Å²) in [6, 6.07) is 6.11. The lowest BCUT2D eigenvalue weighted by Crippen LogP contribution is -2.49. The average molecular weight is 387 g/mol. The number of carbonyl (C=O) groups excluding carboxylic acids is 1. The molecule has 0 radical (unpaired) electrons. The first-order valence-electron chi connectivity index (χ1n) is 7.82. The van der Waals surface area contributed by atoms with Crippen LogP contribution in [-0.4, -0.2) is 25.3 Å². The Kier molecular flexibility index (Phi) is 4.76. The number of nitrogens with zero attached hydrogens (tertiary/aromatic N) is 1. The van der Waals surface area contributed by atoms with Crippen molar-refractivity contribution in [3.8, 4) is 17.6 Å². The highest BCUT2D eigenvalue weighted by atomic mass is 35.5. The van der Waals surface area contributed by atoms with Crippen LogP contribution in [0.1, 0.15) is 24.8 Å². The van der Waals surface area contributed by atoms with Crippen LogP contribution in [0.3, 0.4) is 0 Å². The number of rotatable bonds is 2. The number of halogens is 4. The highest BCUT2D eigenvalue weighted by Gasteiger charge is 2.43. The predicted octanol–water partition coefficient (Wildman–Crippen LogP) is 3.53. The lowest BCUT2D eigenvalue weighted by molar-refractivity contribution is -0.153. The maximum Gasteiger partial charge on any atom is 0.422 e. The van der Waals surface area contributed by atoms with E-state index in [2.05, 4.69) is 5.32 Å². The minimum absolute atomic E-state index is 0.0135. The van der Waals surface area contributed by atoms with Gasteiger partial charge in [-0.25, -0.2) is 0 Å². The first-order valence-corrected chi connectivity index (χ1v) is 8.20. The number of amides is 1. The molecule has 1 spiro atoms. The molecule has 0 fully saturated rings. The van der Waals surface area contributed by atoms with Gasteiger partial charge in [0.2, 0.25) is 0 Å². The van der Waals surface area contributed by atoms with Crippen LogP contribution >= 0.6 is 11.6 Å². The van der Waals surface area contributed by atoms with Gasteiger partial charge in [0.05, 0.1) is 12.1 Å². The van der Waals surface area contributed by atoms with Crippen LogP contribution in [0.5, 0.6) is 11.5 Å². The smallest absolute Gasteiger partial charge is 0.422 e. The highest BCUT2D eigenvalue weighted by Crippen LogP contribution is 2.45. The molecule has 1 aromatic rings. The number of alkyl halides is 3. The van der Waals surface area contributed by atoms with Crippen molar-refractivity contribution in [3.63, 3.8) is 0 Å². The molecule has 1 aromatic carbocycles. The van der Waals surface area contributed by atoms with Crippen LogP contribution < -0.4 is 14.8 Å². The van der Waals surface area contributed by atoms with E-state index in [1.54, 1.807) is 12.1 Å². The van der Waals surface area contributed by atoms with E-state index in [-0.39, 0.29) is 22.8 Å². The number of hydrogen-bond donors (Lipinski definition) is 1. The molecule has 1 amide bonds. The Hall–Kier alpha value is -2.40. The Balaban J connectivity index is 1.96. The molecule has 0 unspecified atom stereocenters. The summed E-state index contributed by atoms with van der Waals surface area (Å²) in [6.07, 6.45) is -3.12.